The standard InChI is InChI=1S/C13H16N6OS2/c1-13(2,3)11-16-17-12(19(11)14)22-7-9-15-10(20-18-9)8-5-4-6-21-8/h4-6H,7,14H2,1-3H3. The molecule has 0 saturated carbocycles. The summed E-state index contributed by atoms with van der Waals surface area (Å²) in [6.07, 6.45) is 0. The maximum atomic E-state index is 6.04. The highest BCUT2D eigenvalue weighted by Crippen LogP contribution is 2.26. The molecule has 3 aromatic rings. The first-order valence-corrected chi connectivity index (χ1v) is 8.52. The summed E-state index contributed by atoms with van der Waals surface area (Å²) in [6, 6.07) is 3.89. The molecule has 2 N–H and O–H groups in total. The van der Waals surface area contributed by atoms with E-state index in [1.807, 2.05) is 38.3 Å². The molecular weight excluding hydrogens is 320 g/mol. The van der Waals surface area contributed by atoms with Gasteiger partial charge in [0.1, 0.15) is 0 Å². The van der Waals surface area contributed by atoms with Crippen molar-refractivity contribution < 1.29 is 4.52 Å². The molecule has 0 saturated heterocycles. The van der Waals surface area contributed by atoms with Crippen molar-refractivity contribution in [2.75, 3.05) is 5.84 Å². The number of nitrogens with zero attached hydrogens (tertiary/aromatic N) is 5. The largest absolute Gasteiger partial charge is 0.336 e. The van der Waals surface area contributed by atoms with E-state index in [0.717, 1.165) is 10.7 Å². The Kier molecular flexibility index (Phi) is 3.92. The lowest BCUT2D eigenvalue weighted by Gasteiger charge is -2.16. The highest BCUT2D eigenvalue weighted by atomic mass is 32.2. The number of nitrogens with two attached hydrogens (primary N) is 1. The van der Waals surface area contributed by atoms with Crippen LogP contribution in [0.5, 0.6) is 0 Å². The summed E-state index contributed by atoms with van der Waals surface area (Å²) in [5.41, 5.74) is -0.154. The van der Waals surface area contributed by atoms with Crippen LogP contribution in [0.4, 0.5) is 0 Å². The molecule has 0 aromatic carbocycles. The van der Waals surface area contributed by atoms with Crippen LogP contribution >= 0.6 is 23.1 Å². The number of aromatic nitrogens is 5. The number of hydrogen-bond donors (Lipinski definition) is 1. The topological polar surface area (TPSA) is 95.6 Å². The van der Waals surface area contributed by atoms with Crippen LogP contribution in [0.3, 0.4) is 0 Å². The second kappa shape index (κ2) is 5.73. The molecule has 0 spiro atoms. The second-order valence-corrected chi connectivity index (χ2v) is 7.60. The van der Waals surface area contributed by atoms with Crippen molar-refractivity contribution in [3.8, 4) is 10.8 Å². The van der Waals surface area contributed by atoms with E-state index in [4.69, 9.17) is 10.4 Å². The SMILES string of the molecule is CC(C)(C)c1nnc(SCc2noc(-c3cccs3)n2)n1N. The van der Waals surface area contributed by atoms with E-state index in [9.17, 15) is 0 Å². The molecule has 0 aliphatic carbocycles. The van der Waals surface area contributed by atoms with E-state index in [0.29, 0.717) is 22.6 Å². The van der Waals surface area contributed by atoms with Crippen LogP contribution < -0.4 is 5.84 Å². The molecule has 0 fully saturated rings. The van der Waals surface area contributed by atoms with Crippen molar-refractivity contribution in [2.24, 2.45) is 0 Å². The zero-order chi connectivity index (χ0) is 15.7. The zero-order valence-electron chi connectivity index (χ0n) is 12.5. The fraction of sp³-hybridized carbons (Fsp3) is 0.385. The molecule has 3 aromatic heterocycles. The summed E-state index contributed by atoms with van der Waals surface area (Å²) >= 11 is 2.99. The van der Waals surface area contributed by atoms with Gasteiger partial charge in [0, 0.05) is 5.41 Å². The van der Waals surface area contributed by atoms with Gasteiger partial charge in [-0.15, -0.1) is 21.5 Å². The fourth-order valence-corrected chi connectivity index (χ4v) is 3.17. The molecule has 7 nitrogen and oxygen atoms in total. The van der Waals surface area contributed by atoms with Crippen molar-refractivity contribution >= 4 is 23.1 Å². The van der Waals surface area contributed by atoms with E-state index in [1.165, 1.54) is 16.4 Å². The lowest BCUT2D eigenvalue weighted by molar-refractivity contribution is 0.426. The fourth-order valence-electron chi connectivity index (χ4n) is 1.83. The van der Waals surface area contributed by atoms with Crippen LogP contribution in [-0.2, 0) is 11.2 Å². The lowest BCUT2D eigenvalue weighted by atomic mass is 9.96. The molecule has 0 aliphatic heterocycles. The lowest BCUT2D eigenvalue weighted by Crippen LogP contribution is -2.24. The number of rotatable bonds is 4. The molecule has 22 heavy (non-hydrogen) atoms. The van der Waals surface area contributed by atoms with Crippen molar-refractivity contribution in [3.05, 3.63) is 29.2 Å². The van der Waals surface area contributed by atoms with Gasteiger partial charge in [0.2, 0.25) is 5.16 Å². The quantitative estimate of drug-likeness (QED) is 0.578. The molecule has 116 valence electrons. The van der Waals surface area contributed by atoms with Crippen LogP contribution in [0.15, 0.2) is 27.2 Å². The Labute approximate surface area is 135 Å². The molecule has 9 heteroatoms. The van der Waals surface area contributed by atoms with Gasteiger partial charge in [-0.2, -0.15) is 4.98 Å². The first kappa shape index (κ1) is 15.0. The predicted octanol–water partition coefficient (Wildman–Crippen LogP) is 2.69. The van der Waals surface area contributed by atoms with E-state index in [1.54, 1.807) is 11.3 Å². The monoisotopic (exact) mass is 336 g/mol. The average Bonchev–Trinajstić information content (AvgIpc) is 3.16. The van der Waals surface area contributed by atoms with Crippen molar-refractivity contribution in [3.63, 3.8) is 0 Å². The Morgan fingerprint density at radius 1 is 1.36 bits per heavy atom. The van der Waals surface area contributed by atoms with Crippen LogP contribution in [0.1, 0.15) is 32.4 Å². The van der Waals surface area contributed by atoms with Crippen molar-refractivity contribution in [2.45, 2.75) is 37.1 Å². The third kappa shape index (κ3) is 3.00. The average molecular weight is 336 g/mol. The van der Waals surface area contributed by atoms with Crippen molar-refractivity contribution in [1.82, 2.24) is 25.0 Å². The third-order valence-corrected chi connectivity index (χ3v) is 4.66. The summed E-state index contributed by atoms with van der Waals surface area (Å²) in [7, 11) is 0. The Morgan fingerprint density at radius 3 is 2.82 bits per heavy atom. The van der Waals surface area contributed by atoms with E-state index in [2.05, 4.69) is 20.3 Å². The molecular formula is C13H16N6OS2. The summed E-state index contributed by atoms with van der Waals surface area (Å²) in [5, 5.41) is 14.8. The zero-order valence-corrected chi connectivity index (χ0v) is 14.1. The molecule has 0 atom stereocenters. The maximum Gasteiger partial charge on any atom is 0.268 e. The van der Waals surface area contributed by atoms with Gasteiger partial charge >= 0.3 is 0 Å². The highest BCUT2D eigenvalue weighted by molar-refractivity contribution is 7.98. The Hall–Kier alpha value is -1.87. The minimum atomic E-state index is -0.154. The molecule has 0 amide bonds. The summed E-state index contributed by atoms with van der Waals surface area (Å²) < 4.78 is 6.77. The normalized spacial score (nSPS) is 12.0. The molecule has 0 bridgehead atoms. The first-order chi connectivity index (χ1) is 10.4. The number of nitrogen functional groups attached to an aromatic ring is 1. The summed E-state index contributed by atoms with van der Waals surface area (Å²) in [5.74, 6) is 8.45. The van der Waals surface area contributed by atoms with Gasteiger partial charge in [-0.05, 0) is 11.4 Å². The van der Waals surface area contributed by atoms with Crippen LogP contribution in [-0.4, -0.2) is 25.0 Å². The molecule has 0 aliphatic rings. The molecule has 3 rings (SSSR count). The third-order valence-electron chi connectivity index (χ3n) is 2.87. The van der Waals surface area contributed by atoms with E-state index >= 15 is 0 Å². The van der Waals surface area contributed by atoms with Gasteiger partial charge < -0.3 is 10.4 Å². The van der Waals surface area contributed by atoms with Gasteiger partial charge in [-0.1, -0.05) is 43.8 Å². The van der Waals surface area contributed by atoms with E-state index < -0.39 is 0 Å². The van der Waals surface area contributed by atoms with Crippen LogP contribution in [0.2, 0.25) is 0 Å². The van der Waals surface area contributed by atoms with Crippen molar-refractivity contribution in [1.29, 1.82) is 0 Å². The minimum Gasteiger partial charge on any atom is -0.336 e. The molecule has 0 radical (unpaired) electrons. The summed E-state index contributed by atoms with van der Waals surface area (Å²) in [6.45, 7) is 6.13. The van der Waals surface area contributed by atoms with Gasteiger partial charge in [0.15, 0.2) is 11.6 Å². The Morgan fingerprint density at radius 2 is 2.18 bits per heavy atom. The predicted molar refractivity (Wildman–Crippen MR) is 86.0 cm³/mol. The van der Waals surface area contributed by atoms with Gasteiger partial charge in [0.25, 0.3) is 5.89 Å². The first-order valence-electron chi connectivity index (χ1n) is 6.65. The number of thioether (sulfide) groups is 1. The number of hydrogen-bond acceptors (Lipinski definition) is 8. The van der Waals surface area contributed by atoms with Crippen LogP contribution in [0.25, 0.3) is 10.8 Å². The Balaban J connectivity index is 1.70. The Bertz CT molecular complexity index is 756. The second-order valence-electron chi connectivity index (χ2n) is 5.71. The van der Waals surface area contributed by atoms with Gasteiger partial charge in [-0.25, -0.2) is 4.68 Å². The van der Waals surface area contributed by atoms with Gasteiger partial charge in [0.05, 0.1) is 10.6 Å². The maximum absolute atomic E-state index is 6.04. The molecule has 0 unspecified atom stereocenters. The number of thiophene rings is 1. The molecule has 3 heterocycles. The van der Waals surface area contributed by atoms with Crippen LogP contribution in [0, 0.1) is 0 Å². The summed E-state index contributed by atoms with van der Waals surface area (Å²) in [4.78, 5) is 5.33. The van der Waals surface area contributed by atoms with Gasteiger partial charge in [-0.3, -0.25) is 0 Å². The van der Waals surface area contributed by atoms with E-state index in [-0.39, 0.29) is 5.41 Å². The smallest absolute Gasteiger partial charge is 0.268 e. The highest BCUT2D eigenvalue weighted by Gasteiger charge is 2.23. The minimum absolute atomic E-state index is 0.154.